The molecule has 3 heterocycles. The SMILES string of the molecule is COCC1=C(C(=O)OC)[C@H](c2ccc(F)c(F)c2)N(C(=O)NCC2CN(C3CCC(c4ccccn4)CC3)C2)C(=O)N1.Cl. The summed E-state index contributed by atoms with van der Waals surface area (Å²) in [5.41, 5.74) is 1.14. The predicted octanol–water partition coefficient (Wildman–Crippen LogP) is 4.29. The normalized spacial score (nSPS) is 22.7. The van der Waals surface area contributed by atoms with Gasteiger partial charge in [-0.3, -0.25) is 9.88 Å². The molecule has 0 unspecified atom stereocenters. The second-order valence-corrected chi connectivity index (χ2v) is 11.0. The molecule has 232 valence electrons. The molecule has 1 aromatic carbocycles. The zero-order valence-corrected chi connectivity index (χ0v) is 24.9. The van der Waals surface area contributed by atoms with E-state index in [1.165, 1.54) is 13.2 Å². The Morgan fingerprint density at radius 2 is 1.81 bits per heavy atom. The number of hydrogen-bond donors (Lipinski definition) is 2. The molecule has 1 saturated carbocycles. The van der Waals surface area contributed by atoms with E-state index in [1.54, 1.807) is 0 Å². The van der Waals surface area contributed by atoms with Crippen LogP contribution in [0.5, 0.6) is 0 Å². The summed E-state index contributed by atoms with van der Waals surface area (Å²) in [6.07, 6.45) is 6.22. The number of aromatic nitrogens is 1. The van der Waals surface area contributed by atoms with Gasteiger partial charge in [0.25, 0.3) is 0 Å². The van der Waals surface area contributed by atoms with Gasteiger partial charge in [0.2, 0.25) is 0 Å². The Labute approximate surface area is 255 Å². The number of hydrogen-bond acceptors (Lipinski definition) is 7. The third-order valence-electron chi connectivity index (χ3n) is 8.35. The number of esters is 1. The largest absolute Gasteiger partial charge is 0.466 e. The Morgan fingerprint density at radius 3 is 2.44 bits per heavy atom. The van der Waals surface area contributed by atoms with Gasteiger partial charge in [-0.1, -0.05) is 12.1 Å². The Balaban J connectivity index is 0.00000423. The van der Waals surface area contributed by atoms with Crippen molar-refractivity contribution in [2.45, 2.75) is 43.7 Å². The molecule has 2 aromatic rings. The first-order chi connectivity index (χ1) is 20.3. The number of imide groups is 1. The van der Waals surface area contributed by atoms with Crippen molar-refractivity contribution >= 4 is 30.4 Å². The zero-order chi connectivity index (χ0) is 29.8. The third-order valence-corrected chi connectivity index (χ3v) is 8.35. The molecule has 1 aliphatic carbocycles. The molecule has 1 atom stereocenters. The topological polar surface area (TPSA) is 113 Å². The summed E-state index contributed by atoms with van der Waals surface area (Å²) < 4.78 is 38.1. The number of nitrogens with one attached hydrogen (secondary N) is 2. The number of carbonyl (C=O) groups excluding carboxylic acids is 3. The fourth-order valence-corrected chi connectivity index (χ4v) is 6.19. The Bertz CT molecular complexity index is 1350. The van der Waals surface area contributed by atoms with Crippen LogP contribution in [0, 0.1) is 17.6 Å². The number of methoxy groups -OCH3 is 2. The summed E-state index contributed by atoms with van der Waals surface area (Å²) >= 11 is 0. The van der Waals surface area contributed by atoms with Crippen LogP contribution in [0.15, 0.2) is 53.9 Å². The number of amides is 4. The van der Waals surface area contributed by atoms with Crippen LogP contribution in [-0.4, -0.2) is 79.3 Å². The number of ether oxygens (including phenoxy) is 2. The molecule has 3 aliphatic rings. The lowest BCUT2D eigenvalue weighted by Gasteiger charge is -2.47. The smallest absolute Gasteiger partial charge is 0.338 e. The molecule has 1 aromatic heterocycles. The van der Waals surface area contributed by atoms with Crippen LogP contribution in [0.1, 0.15) is 48.9 Å². The van der Waals surface area contributed by atoms with Gasteiger partial charge in [0.15, 0.2) is 11.6 Å². The van der Waals surface area contributed by atoms with Crippen molar-refractivity contribution in [3.8, 4) is 0 Å². The highest BCUT2D eigenvalue weighted by Crippen LogP contribution is 2.37. The van der Waals surface area contributed by atoms with Crippen molar-refractivity contribution in [1.82, 2.24) is 25.4 Å². The average Bonchev–Trinajstić information content (AvgIpc) is 2.98. The van der Waals surface area contributed by atoms with Crippen LogP contribution in [0.25, 0.3) is 0 Å². The minimum absolute atomic E-state index is 0. The maximum absolute atomic E-state index is 14.3. The van der Waals surface area contributed by atoms with Gasteiger partial charge in [0, 0.05) is 56.5 Å². The minimum atomic E-state index is -1.36. The summed E-state index contributed by atoms with van der Waals surface area (Å²) in [6, 6.07) is 6.55. The highest BCUT2D eigenvalue weighted by atomic mass is 35.5. The first-order valence-corrected chi connectivity index (χ1v) is 14.1. The maximum Gasteiger partial charge on any atom is 0.338 e. The van der Waals surface area contributed by atoms with Crippen molar-refractivity contribution in [3.63, 3.8) is 0 Å². The van der Waals surface area contributed by atoms with Crippen molar-refractivity contribution in [2.24, 2.45) is 5.92 Å². The highest BCUT2D eigenvalue weighted by Gasteiger charge is 2.44. The second kappa shape index (κ2) is 14.2. The Morgan fingerprint density at radius 1 is 1.07 bits per heavy atom. The van der Waals surface area contributed by atoms with E-state index < -0.39 is 35.7 Å². The predicted molar refractivity (Wildman–Crippen MR) is 155 cm³/mol. The van der Waals surface area contributed by atoms with Crippen LogP contribution < -0.4 is 10.6 Å². The van der Waals surface area contributed by atoms with E-state index in [2.05, 4.69) is 26.6 Å². The second-order valence-electron chi connectivity index (χ2n) is 11.0. The lowest BCUT2D eigenvalue weighted by atomic mass is 9.81. The quantitative estimate of drug-likeness (QED) is 0.424. The van der Waals surface area contributed by atoms with Gasteiger partial charge in [-0.15, -0.1) is 12.4 Å². The van der Waals surface area contributed by atoms with Crippen molar-refractivity contribution in [2.75, 3.05) is 40.5 Å². The lowest BCUT2D eigenvalue weighted by Crippen LogP contribution is -2.59. The van der Waals surface area contributed by atoms with Gasteiger partial charge in [-0.2, -0.15) is 0 Å². The highest BCUT2D eigenvalue weighted by molar-refractivity contribution is 6.01. The summed E-state index contributed by atoms with van der Waals surface area (Å²) in [5.74, 6) is -2.44. The van der Waals surface area contributed by atoms with Crippen molar-refractivity contribution in [1.29, 1.82) is 0 Å². The van der Waals surface area contributed by atoms with Gasteiger partial charge in [-0.05, 0) is 55.5 Å². The monoisotopic (exact) mass is 619 g/mol. The number of likely N-dealkylation sites (tertiary alicyclic amines) is 1. The van der Waals surface area contributed by atoms with Crippen LogP contribution in [-0.2, 0) is 14.3 Å². The molecule has 0 radical (unpaired) electrons. The molecule has 2 fully saturated rings. The van der Waals surface area contributed by atoms with E-state index in [9.17, 15) is 23.2 Å². The number of rotatable bonds is 8. The van der Waals surface area contributed by atoms with Crippen LogP contribution in [0.2, 0.25) is 0 Å². The molecule has 43 heavy (non-hydrogen) atoms. The number of halogens is 3. The number of carbonyl (C=O) groups is 3. The number of pyridine rings is 1. The van der Waals surface area contributed by atoms with E-state index in [1.807, 2.05) is 18.3 Å². The average molecular weight is 620 g/mol. The molecule has 0 bridgehead atoms. The maximum atomic E-state index is 14.3. The van der Waals surface area contributed by atoms with E-state index in [-0.39, 0.29) is 41.8 Å². The lowest BCUT2D eigenvalue weighted by molar-refractivity contribution is -0.137. The van der Waals surface area contributed by atoms with Gasteiger partial charge in [0.05, 0.1) is 25.0 Å². The van der Waals surface area contributed by atoms with Crippen molar-refractivity contribution in [3.05, 3.63) is 76.8 Å². The molecular weight excluding hydrogens is 584 g/mol. The summed E-state index contributed by atoms with van der Waals surface area (Å²) in [6.45, 7) is 1.79. The van der Waals surface area contributed by atoms with E-state index in [4.69, 9.17) is 9.47 Å². The fourth-order valence-electron chi connectivity index (χ4n) is 6.19. The first kappa shape index (κ1) is 32.3. The standard InChI is InChI=1S/C30H35F2N5O5.ClH/c1-41-17-25-26(28(38)42-2)27(20-8-11-22(31)23(32)13-20)37(30(40)35-25)29(39)34-14-18-15-36(16-18)21-9-6-19(7-10-21)24-5-3-4-12-33-24;/h3-5,8,11-13,18-19,21,27H,6-7,9-10,14-17H2,1-2H3,(H,34,39)(H,35,40);1H/t19?,21?,27-;/m0./s1. The Kier molecular flexibility index (Phi) is 10.7. The summed E-state index contributed by atoms with van der Waals surface area (Å²) in [5, 5.41) is 5.32. The van der Waals surface area contributed by atoms with Gasteiger partial charge >= 0.3 is 18.0 Å². The van der Waals surface area contributed by atoms with Gasteiger partial charge < -0.3 is 20.1 Å². The number of nitrogens with zero attached hydrogens (tertiary/aromatic N) is 3. The number of benzene rings is 1. The molecular formula is C30H36ClF2N5O5. The molecule has 5 rings (SSSR count). The van der Waals surface area contributed by atoms with Crippen LogP contribution >= 0.6 is 12.4 Å². The molecule has 2 aliphatic heterocycles. The Hall–Kier alpha value is -3.61. The minimum Gasteiger partial charge on any atom is -0.466 e. The zero-order valence-electron chi connectivity index (χ0n) is 24.1. The first-order valence-electron chi connectivity index (χ1n) is 14.1. The summed E-state index contributed by atoms with van der Waals surface area (Å²) in [4.78, 5) is 47.2. The molecule has 1 saturated heterocycles. The van der Waals surface area contributed by atoms with E-state index >= 15 is 0 Å². The molecule has 2 N–H and O–H groups in total. The van der Waals surface area contributed by atoms with E-state index in [0.29, 0.717) is 18.5 Å². The molecule has 10 nitrogen and oxygen atoms in total. The third kappa shape index (κ3) is 6.97. The van der Waals surface area contributed by atoms with E-state index in [0.717, 1.165) is 68.6 Å². The van der Waals surface area contributed by atoms with Gasteiger partial charge in [0.1, 0.15) is 6.04 Å². The fraction of sp³-hybridized carbons (Fsp3) is 0.467. The molecule has 0 spiro atoms. The molecule has 4 amide bonds. The van der Waals surface area contributed by atoms with Crippen LogP contribution in [0.3, 0.4) is 0 Å². The van der Waals surface area contributed by atoms with Crippen molar-refractivity contribution < 1.29 is 32.6 Å². The summed E-state index contributed by atoms with van der Waals surface area (Å²) in [7, 11) is 2.52. The van der Waals surface area contributed by atoms with Gasteiger partial charge in [-0.25, -0.2) is 28.1 Å². The number of urea groups is 2. The van der Waals surface area contributed by atoms with Crippen LogP contribution in [0.4, 0.5) is 18.4 Å². The molecule has 13 heteroatoms.